The van der Waals surface area contributed by atoms with Crippen LogP contribution < -0.4 is 9.46 Å². The molecular formula is C14H21ClF2N2O3S. The van der Waals surface area contributed by atoms with Gasteiger partial charge in [0, 0.05) is 19.1 Å². The first-order valence-corrected chi connectivity index (χ1v) is 8.97. The highest BCUT2D eigenvalue weighted by atomic mass is 35.5. The van der Waals surface area contributed by atoms with Crippen LogP contribution in [0.3, 0.4) is 0 Å². The van der Waals surface area contributed by atoms with Crippen LogP contribution >= 0.6 is 11.6 Å². The highest BCUT2D eigenvalue weighted by Crippen LogP contribution is 2.28. The fourth-order valence-corrected chi connectivity index (χ4v) is 3.15. The van der Waals surface area contributed by atoms with Crippen molar-refractivity contribution in [1.82, 2.24) is 9.62 Å². The minimum absolute atomic E-state index is 0.102. The molecule has 0 fully saturated rings. The van der Waals surface area contributed by atoms with Crippen molar-refractivity contribution in [2.24, 2.45) is 0 Å². The van der Waals surface area contributed by atoms with Gasteiger partial charge in [-0.2, -0.15) is 8.78 Å². The van der Waals surface area contributed by atoms with Gasteiger partial charge in [-0.05, 0) is 38.6 Å². The van der Waals surface area contributed by atoms with E-state index < -0.39 is 16.6 Å². The van der Waals surface area contributed by atoms with Gasteiger partial charge in [0.05, 0.1) is 9.92 Å². The van der Waals surface area contributed by atoms with E-state index in [0.29, 0.717) is 12.6 Å². The lowest BCUT2D eigenvalue weighted by Crippen LogP contribution is -2.37. The largest absolute Gasteiger partial charge is 0.433 e. The van der Waals surface area contributed by atoms with Crippen LogP contribution in [0, 0.1) is 0 Å². The standard InChI is InChI=1S/C14H21ClF2N2O3S/c1-4-10(2)19(3)8-7-18-23(20,21)11-5-6-13(12(15)9-11)22-14(16)17/h5-6,9-10,14,18H,4,7-8H2,1-3H3. The van der Waals surface area contributed by atoms with Gasteiger partial charge < -0.3 is 9.64 Å². The van der Waals surface area contributed by atoms with Gasteiger partial charge in [0.15, 0.2) is 0 Å². The summed E-state index contributed by atoms with van der Waals surface area (Å²) in [5.74, 6) is -0.267. The molecule has 0 aliphatic heterocycles. The van der Waals surface area contributed by atoms with Crippen molar-refractivity contribution in [3.8, 4) is 5.75 Å². The van der Waals surface area contributed by atoms with E-state index in [9.17, 15) is 17.2 Å². The zero-order valence-corrected chi connectivity index (χ0v) is 14.8. The zero-order chi connectivity index (χ0) is 17.6. The summed E-state index contributed by atoms with van der Waals surface area (Å²) < 4.78 is 55.3. The number of hydrogen-bond acceptors (Lipinski definition) is 4. The van der Waals surface area contributed by atoms with E-state index in [2.05, 4.69) is 23.3 Å². The molecule has 0 saturated heterocycles. The molecule has 0 aliphatic rings. The van der Waals surface area contributed by atoms with Crippen molar-refractivity contribution in [3.63, 3.8) is 0 Å². The molecule has 1 aromatic carbocycles. The summed E-state index contributed by atoms with van der Waals surface area (Å²) in [6.07, 6.45) is 0.963. The molecule has 1 unspecified atom stereocenters. The lowest BCUT2D eigenvalue weighted by Gasteiger charge is -2.23. The molecule has 0 bridgehead atoms. The van der Waals surface area contributed by atoms with E-state index in [1.54, 1.807) is 0 Å². The number of sulfonamides is 1. The second-order valence-corrected chi connectivity index (χ2v) is 7.28. The van der Waals surface area contributed by atoms with Gasteiger partial charge >= 0.3 is 6.61 Å². The molecule has 0 spiro atoms. The number of benzene rings is 1. The molecular weight excluding hydrogens is 350 g/mol. The Morgan fingerprint density at radius 2 is 2.04 bits per heavy atom. The van der Waals surface area contributed by atoms with Gasteiger partial charge in [-0.3, -0.25) is 0 Å². The summed E-state index contributed by atoms with van der Waals surface area (Å²) in [5, 5.41) is -0.190. The van der Waals surface area contributed by atoms with E-state index in [4.69, 9.17) is 11.6 Å². The molecule has 0 aromatic heterocycles. The van der Waals surface area contributed by atoms with Gasteiger partial charge in [-0.1, -0.05) is 18.5 Å². The van der Waals surface area contributed by atoms with Crippen molar-refractivity contribution in [2.45, 2.75) is 37.8 Å². The summed E-state index contributed by atoms with van der Waals surface area (Å²) in [7, 11) is -1.85. The van der Waals surface area contributed by atoms with Gasteiger partial charge in [0.1, 0.15) is 5.75 Å². The number of rotatable bonds is 9. The average molecular weight is 371 g/mol. The number of halogens is 3. The van der Waals surface area contributed by atoms with E-state index >= 15 is 0 Å². The monoisotopic (exact) mass is 370 g/mol. The Morgan fingerprint density at radius 1 is 1.39 bits per heavy atom. The third-order valence-electron chi connectivity index (χ3n) is 3.53. The van der Waals surface area contributed by atoms with Gasteiger partial charge in [0.25, 0.3) is 0 Å². The maximum atomic E-state index is 12.2. The van der Waals surface area contributed by atoms with Crippen LogP contribution in [0.25, 0.3) is 0 Å². The van der Waals surface area contributed by atoms with Crippen molar-refractivity contribution in [1.29, 1.82) is 0 Å². The third-order valence-corrected chi connectivity index (χ3v) is 5.28. The Bertz CT molecular complexity index is 614. The van der Waals surface area contributed by atoms with Crippen LogP contribution in [0.15, 0.2) is 23.1 Å². The lowest BCUT2D eigenvalue weighted by molar-refractivity contribution is -0.0498. The van der Waals surface area contributed by atoms with Crippen molar-refractivity contribution < 1.29 is 21.9 Å². The molecule has 0 saturated carbocycles. The van der Waals surface area contributed by atoms with Gasteiger partial charge in [-0.15, -0.1) is 0 Å². The molecule has 9 heteroatoms. The van der Waals surface area contributed by atoms with Crippen LogP contribution in [0.4, 0.5) is 8.78 Å². The summed E-state index contributed by atoms with van der Waals surface area (Å²) in [5.41, 5.74) is 0. The number of hydrogen-bond donors (Lipinski definition) is 1. The summed E-state index contributed by atoms with van der Waals surface area (Å²) >= 11 is 5.77. The van der Waals surface area contributed by atoms with Crippen molar-refractivity contribution >= 4 is 21.6 Å². The number of likely N-dealkylation sites (N-methyl/N-ethyl adjacent to an activating group) is 1. The molecule has 1 rings (SSSR count). The number of nitrogens with one attached hydrogen (secondary N) is 1. The van der Waals surface area contributed by atoms with Gasteiger partial charge in [-0.25, -0.2) is 13.1 Å². The van der Waals surface area contributed by atoms with Crippen molar-refractivity contribution in [2.75, 3.05) is 20.1 Å². The lowest BCUT2D eigenvalue weighted by atomic mass is 10.2. The minimum Gasteiger partial charge on any atom is -0.433 e. The molecule has 132 valence electrons. The average Bonchev–Trinajstić information content (AvgIpc) is 2.47. The Balaban J connectivity index is 2.71. The maximum Gasteiger partial charge on any atom is 0.387 e. The van der Waals surface area contributed by atoms with Crippen LogP contribution in [-0.4, -0.2) is 46.1 Å². The van der Waals surface area contributed by atoms with Crippen LogP contribution in [-0.2, 0) is 10.0 Å². The van der Waals surface area contributed by atoms with E-state index in [-0.39, 0.29) is 22.2 Å². The first-order valence-electron chi connectivity index (χ1n) is 7.11. The molecule has 0 amide bonds. The Hall–Kier alpha value is -0.960. The second kappa shape index (κ2) is 8.77. The highest BCUT2D eigenvalue weighted by molar-refractivity contribution is 7.89. The molecule has 0 aliphatic carbocycles. The fourth-order valence-electron chi connectivity index (χ4n) is 1.81. The molecule has 0 radical (unpaired) electrons. The molecule has 0 heterocycles. The summed E-state index contributed by atoms with van der Waals surface area (Å²) in [4.78, 5) is 1.94. The summed E-state index contributed by atoms with van der Waals surface area (Å²) in [6, 6.07) is 3.71. The Kier molecular flexibility index (Phi) is 7.66. The smallest absolute Gasteiger partial charge is 0.387 e. The molecule has 1 atom stereocenters. The van der Waals surface area contributed by atoms with Crippen molar-refractivity contribution in [3.05, 3.63) is 23.2 Å². The molecule has 1 aromatic rings. The minimum atomic E-state index is -3.76. The van der Waals surface area contributed by atoms with Crippen LogP contribution in [0.1, 0.15) is 20.3 Å². The topological polar surface area (TPSA) is 58.6 Å². The third kappa shape index (κ3) is 6.21. The van der Waals surface area contributed by atoms with E-state index in [0.717, 1.165) is 18.6 Å². The highest BCUT2D eigenvalue weighted by Gasteiger charge is 2.17. The number of ether oxygens (including phenoxy) is 1. The number of alkyl halides is 2. The predicted octanol–water partition coefficient (Wildman–Crippen LogP) is 2.95. The van der Waals surface area contributed by atoms with Crippen LogP contribution in [0.2, 0.25) is 5.02 Å². The van der Waals surface area contributed by atoms with Crippen LogP contribution in [0.5, 0.6) is 5.75 Å². The SMILES string of the molecule is CCC(C)N(C)CCNS(=O)(=O)c1ccc(OC(F)F)c(Cl)c1. The summed E-state index contributed by atoms with van der Waals surface area (Å²) in [6.45, 7) is 1.86. The van der Waals surface area contributed by atoms with E-state index in [1.165, 1.54) is 6.07 Å². The van der Waals surface area contributed by atoms with Gasteiger partial charge in [0.2, 0.25) is 10.0 Å². The molecule has 1 N–H and O–H groups in total. The Morgan fingerprint density at radius 3 is 2.57 bits per heavy atom. The quantitative estimate of drug-likeness (QED) is 0.726. The first kappa shape index (κ1) is 20.1. The number of nitrogens with zero attached hydrogens (tertiary/aromatic N) is 1. The van der Waals surface area contributed by atoms with E-state index in [1.807, 2.05) is 11.9 Å². The zero-order valence-electron chi connectivity index (χ0n) is 13.2. The molecule has 5 nitrogen and oxygen atoms in total. The predicted molar refractivity (Wildman–Crippen MR) is 85.7 cm³/mol. The maximum absolute atomic E-state index is 12.2. The molecule has 23 heavy (non-hydrogen) atoms. The second-order valence-electron chi connectivity index (χ2n) is 5.11. The normalized spacial score (nSPS) is 13.6. The fraction of sp³-hybridized carbons (Fsp3) is 0.571. The first-order chi connectivity index (χ1) is 10.7. The Labute approximate surface area is 140 Å².